The molecule has 3 heteroatoms. The van der Waals surface area contributed by atoms with Crippen molar-refractivity contribution in [3.8, 4) is 0 Å². The fraction of sp³-hybridized carbons (Fsp3) is 0.706. The molecule has 2 atom stereocenters. The van der Waals surface area contributed by atoms with Crippen LogP contribution in [0.25, 0.3) is 0 Å². The molecule has 0 spiro atoms. The Bertz CT molecular complexity index is 245. The summed E-state index contributed by atoms with van der Waals surface area (Å²) >= 11 is 0. The minimum atomic E-state index is 0.112. The van der Waals surface area contributed by atoms with Gasteiger partial charge in [-0.05, 0) is 25.2 Å². The Morgan fingerprint density at radius 3 is 2.45 bits per heavy atom. The molecule has 0 aromatic rings. The minimum absolute atomic E-state index is 0.112. The average molecular weight is 281 g/mol. The maximum Gasteiger partial charge on any atom is 0.0697 e. The number of hydrogen-bond donors (Lipinski definition) is 2. The number of nitrogens with one attached hydrogen (secondary N) is 1. The highest BCUT2D eigenvalue weighted by Crippen LogP contribution is 2.22. The Morgan fingerprint density at radius 2 is 1.85 bits per heavy atom. The molecule has 116 valence electrons. The second-order valence-electron chi connectivity index (χ2n) is 5.23. The summed E-state index contributed by atoms with van der Waals surface area (Å²) in [6, 6.07) is 0. The normalized spacial score (nSPS) is 13.7. The molecular weight excluding hydrogens is 250 g/mol. The van der Waals surface area contributed by atoms with Gasteiger partial charge in [0.15, 0.2) is 0 Å². The van der Waals surface area contributed by atoms with Crippen LogP contribution < -0.4 is 0 Å². The summed E-state index contributed by atoms with van der Waals surface area (Å²) < 4.78 is 5.23. The molecule has 3 nitrogen and oxygen atoms in total. The molecule has 0 amide bonds. The molecule has 0 rings (SSSR count). The molecule has 0 fully saturated rings. The lowest BCUT2D eigenvalue weighted by atomic mass is 9.88. The van der Waals surface area contributed by atoms with Crippen molar-refractivity contribution in [2.75, 3.05) is 19.8 Å². The number of ether oxygens (including phenoxy) is 1. The van der Waals surface area contributed by atoms with E-state index in [4.69, 9.17) is 15.3 Å². The molecule has 0 heterocycles. The van der Waals surface area contributed by atoms with Gasteiger partial charge in [-0.1, -0.05) is 37.8 Å². The molecule has 0 aliphatic heterocycles. The van der Waals surface area contributed by atoms with Crippen molar-refractivity contribution >= 4 is 6.21 Å². The van der Waals surface area contributed by atoms with Crippen LogP contribution in [-0.2, 0) is 4.74 Å². The lowest BCUT2D eigenvalue weighted by Crippen LogP contribution is -2.08. The molecule has 0 bridgehead atoms. The summed E-state index contributed by atoms with van der Waals surface area (Å²) in [5.41, 5.74) is 0. The fourth-order valence-corrected chi connectivity index (χ4v) is 2.34. The third kappa shape index (κ3) is 10.9. The zero-order valence-corrected chi connectivity index (χ0v) is 12.7. The van der Waals surface area contributed by atoms with E-state index >= 15 is 0 Å². The van der Waals surface area contributed by atoms with Crippen LogP contribution in [0.15, 0.2) is 25.3 Å². The molecule has 2 unspecified atom stereocenters. The molecule has 0 saturated carbocycles. The van der Waals surface area contributed by atoms with E-state index in [1.165, 1.54) is 31.9 Å². The van der Waals surface area contributed by atoms with E-state index in [0.29, 0.717) is 12.5 Å². The van der Waals surface area contributed by atoms with Crippen LogP contribution in [0.4, 0.5) is 0 Å². The third-order valence-electron chi connectivity index (χ3n) is 3.51. The van der Waals surface area contributed by atoms with Crippen molar-refractivity contribution in [3.05, 3.63) is 25.3 Å². The number of rotatable bonds is 15. The van der Waals surface area contributed by atoms with Crippen molar-refractivity contribution in [1.29, 1.82) is 5.41 Å². The van der Waals surface area contributed by atoms with Crippen LogP contribution in [0.3, 0.4) is 0 Å². The Balaban J connectivity index is 3.67. The van der Waals surface area contributed by atoms with Crippen molar-refractivity contribution in [1.82, 2.24) is 0 Å². The Morgan fingerprint density at radius 1 is 1.10 bits per heavy atom. The predicted octanol–water partition coefficient (Wildman–Crippen LogP) is 3.98. The highest BCUT2D eigenvalue weighted by Gasteiger charge is 2.11. The minimum Gasteiger partial charge on any atom is -0.394 e. The number of hydrogen-bond acceptors (Lipinski definition) is 3. The lowest BCUT2D eigenvalue weighted by Gasteiger charge is -2.17. The van der Waals surface area contributed by atoms with Crippen molar-refractivity contribution < 1.29 is 9.84 Å². The van der Waals surface area contributed by atoms with E-state index in [2.05, 4.69) is 13.2 Å². The molecule has 0 aromatic heterocycles. The quantitative estimate of drug-likeness (QED) is 0.271. The molecule has 0 aliphatic carbocycles. The summed E-state index contributed by atoms with van der Waals surface area (Å²) in [5, 5.41) is 15.9. The zero-order valence-electron chi connectivity index (χ0n) is 12.7. The largest absolute Gasteiger partial charge is 0.394 e. The summed E-state index contributed by atoms with van der Waals surface area (Å²) in [6.45, 7) is 8.92. The van der Waals surface area contributed by atoms with Crippen LogP contribution in [0, 0.1) is 17.2 Å². The third-order valence-corrected chi connectivity index (χ3v) is 3.51. The smallest absolute Gasteiger partial charge is 0.0697 e. The molecule has 0 aromatic carbocycles. The summed E-state index contributed by atoms with van der Waals surface area (Å²) in [7, 11) is 0. The van der Waals surface area contributed by atoms with Crippen molar-refractivity contribution in [2.24, 2.45) is 11.8 Å². The lowest BCUT2D eigenvalue weighted by molar-refractivity contribution is 0.0895. The van der Waals surface area contributed by atoms with Crippen LogP contribution in [0.2, 0.25) is 0 Å². The first-order valence-corrected chi connectivity index (χ1v) is 7.71. The summed E-state index contributed by atoms with van der Waals surface area (Å²) in [6.07, 6.45) is 13.3. The van der Waals surface area contributed by atoms with Gasteiger partial charge in [-0.25, -0.2) is 0 Å². The highest BCUT2D eigenvalue weighted by atomic mass is 16.5. The average Bonchev–Trinajstić information content (AvgIpc) is 2.47. The Kier molecular flexibility index (Phi) is 13.8. The van der Waals surface area contributed by atoms with Gasteiger partial charge in [-0.15, -0.1) is 13.2 Å². The highest BCUT2D eigenvalue weighted by molar-refractivity contribution is 5.59. The Hall–Kier alpha value is -0.930. The van der Waals surface area contributed by atoms with E-state index in [1.54, 1.807) is 0 Å². The SMILES string of the molecule is C=CCC(CCCCCCOCCO)CC(C=C)C=N. The molecule has 0 saturated heterocycles. The van der Waals surface area contributed by atoms with Gasteiger partial charge >= 0.3 is 0 Å². The summed E-state index contributed by atoms with van der Waals surface area (Å²) in [4.78, 5) is 0. The molecular formula is C17H31NO2. The number of aliphatic hydroxyl groups excluding tert-OH is 1. The maximum absolute atomic E-state index is 8.58. The van der Waals surface area contributed by atoms with Crippen molar-refractivity contribution in [3.63, 3.8) is 0 Å². The molecule has 20 heavy (non-hydrogen) atoms. The first-order valence-electron chi connectivity index (χ1n) is 7.71. The first kappa shape index (κ1) is 19.1. The molecule has 2 N–H and O–H groups in total. The van der Waals surface area contributed by atoms with E-state index in [9.17, 15) is 0 Å². The Labute approximate surface area is 124 Å². The fourth-order valence-electron chi connectivity index (χ4n) is 2.34. The van der Waals surface area contributed by atoms with E-state index in [1.807, 2.05) is 12.2 Å². The number of unbranched alkanes of at least 4 members (excludes halogenated alkanes) is 3. The van der Waals surface area contributed by atoms with Gasteiger partial charge in [-0.3, -0.25) is 0 Å². The maximum atomic E-state index is 8.58. The van der Waals surface area contributed by atoms with E-state index < -0.39 is 0 Å². The molecule has 0 radical (unpaired) electrons. The van der Waals surface area contributed by atoms with Gasteiger partial charge in [0.2, 0.25) is 0 Å². The van der Waals surface area contributed by atoms with Gasteiger partial charge in [0, 0.05) is 18.7 Å². The topological polar surface area (TPSA) is 53.3 Å². The van der Waals surface area contributed by atoms with Gasteiger partial charge in [-0.2, -0.15) is 0 Å². The molecule has 0 aliphatic rings. The standard InChI is InChI=1S/C17H31NO2/c1-3-9-17(14-16(4-2)15-18)10-7-5-6-8-12-20-13-11-19/h3-4,15-19H,1-2,5-14H2. The van der Waals surface area contributed by atoms with Gasteiger partial charge < -0.3 is 15.3 Å². The second-order valence-corrected chi connectivity index (χ2v) is 5.23. The van der Waals surface area contributed by atoms with Crippen LogP contribution in [-0.4, -0.2) is 31.1 Å². The van der Waals surface area contributed by atoms with E-state index in [-0.39, 0.29) is 12.5 Å². The zero-order chi connectivity index (χ0) is 15.1. The van der Waals surface area contributed by atoms with Gasteiger partial charge in [0.05, 0.1) is 13.2 Å². The second kappa shape index (κ2) is 14.5. The number of allylic oxidation sites excluding steroid dienone is 2. The first-order chi connectivity index (χ1) is 9.78. The van der Waals surface area contributed by atoms with E-state index in [0.717, 1.165) is 25.9 Å². The summed E-state index contributed by atoms with van der Waals surface area (Å²) in [5.74, 6) is 0.814. The van der Waals surface area contributed by atoms with Crippen LogP contribution in [0.5, 0.6) is 0 Å². The predicted molar refractivity (Wildman–Crippen MR) is 86.4 cm³/mol. The van der Waals surface area contributed by atoms with Gasteiger partial charge in [0.25, 0.3) is 0 Å². The van der Waals surface area contributed by atoms with Gasteiger partial charge in [0.1, 0.15) is 0 Å². The number of aliphatic hydroxyl groups is 1. The van der Waals surface area contributed by atoms with Crippen molar-refractivity contribution in [2.45, 2.75) is 44.9 Å². The van der Waals surface area contributed by atoms with Crippen LogP contribution >= 0.6 is 0 Å². The van der Waals surface area contributed by atoms with Crippen LogP contribution in [0.1, 0.15) is 44.9 Å². The monoisotopic (exact) mass is 281 g/mol.